The summed E-state index contributed by atoms with van der Waals surface area (Å²) in [5, 5.41) is 4.50. The third-order valence-electron chi connectivity index (χ3n) is 5.08. The summed E-state index contributed by atoms with van der Waals surface area (Å²) in [4.78, 5) is 17.1. The van der Waals surface area contributed by atoms with Crippen LogP contribution in [0.1, 0.15) is 41.0 Å². The van der Waals surface area contributed by atoms with Gasteiger partial charge in [-0.1, -0.05) is 0 Å². The molecule has 1 aliphatic rings. The number of benzene rings is 1. The molecule has 1 aliphatic heterocycles. The topological polar surface area (TPSA) is 41.4 Å². The molecule has 1 amide bonds. The Labute approximate surface area is 150 Å². The van der Waals surface area contributed by atoms with Crippen LogP contribution in [0, 0.1) is 13.8 Å². The second-order valence-corrected chi connectivity index (χ2v) is 7.23. The number of nitrogens with zero attached hydrogens (tertiary/aromatic N) is 4. The van der Waals surface area contributed by atoms with Gasteiger partial charge in [0.05, 0.1) is 11.4 Å². The van der Waals surface area contributed by atoms with Gasteiger partial charge in [-0.3, -0.25) is 4.79 Å². The number of amides is 1. The summed E-state index contributed by atoms with van der Waals surface area (Å²) >= 11 is 0. The first-order chi connectivity index (χ1) is 12.0. The average Bonchev–Trinajstić information content (AvgIpc) is 2.79. The summed E-state index contributed by atoms with van der Waals surface area (Å²) in [7, 11) is 4.25. The van der Waals surface area contributed by atoms with Gasteiger partial charge in [0, 0.05) is 30.4 Å². The fraction of sp³-hybridized carbons (Fsp3) is 0.500. The van der Waals surface area contributed by atoms with E-state index in [0.717, 1.165) is 55.0 Å². The maximum absolute atomic E-state index is 12.8. The van der Waals surface area contributed by atoms with Crippen LogP contribution in [-0.4, -0.2) is 58.7 Å². The highest BCUT2D eigenvalue weighted by Crippen LogP contribution is 2.18. The number of hydrogen-bond acceptors (Lipinski definition) is 3. The molecule has 1 aromatic heterocycles. The zero-order valence-corrected chi connectivity index (χ0v) is 15.7. The van der Waals surface area contributed by atoms with Crippen LogP contribution in [0.5, 0.6) is 0 Å². The summed E-state index contributed by atoms with van der Waals surface area (Å²) in [5.74, 6) is 0.138. The van der Waals surface area contributed by atoms with Crippen molar-refractivity contribution >= 4 is 5.91 Å². The Kier molecular flexibility index (Phi) is 5.23. The first kappa shape index (κ1) is 17.7. The zero-order chi connectivity index (χ0) is 18.0. The molecule has 0 bridgehead atoms. The minimum absolute atomic E-state index is 0.138. The molecule has 0 unspecified atom stereocenters. The van der Waals surface area contributed by atoms with Crippen LogP contribution >= 0.6 is 0 Å². The smallest absolute Gasteiger partial charge is 0.253 e. The van der Waals surface area contributed by atoms with Gasteiger partial charge in [0.2, 0.25) is 0 Å². The van der Waals surface area contributed by atoms with Gasteiger partial charge < -0.3 is 9.80 Å². The van der Waals surface area contributed by atoms with Gasteiger partial charge in [0.15, 0.2) is 0 Å². The number of carbonyl (C=O) groups excluding carboxylic acids is 1. The Morgan fingerprint density at radius 3 is 2.44 bits per heavy atom. The average molecular weight is 340 g/mol. The molecule has 1 fully saturated rings. The lowest BCUT2D eigenvalue weighted by atomic mass is 10.1. The summed E-state index contributed by atoms with van der Waals surface area (Å²) < 4.78 is 1.91. The highest BCUT2D eigenvalue weighted by Gasteiger charge is 2.22. The SMILES string of the molecule is Cc1cc(C)n(-c2ccc(C(=O)N3CCC[C@H](N(C)C)CC3)cc2)n1. The number of likely N-dealkylation sites (tertiary alicyclic amines) is 1. The van der Waals surface area contributed by atoms with Crippen LogP contribution in [-0.2, 0) is 0 Å². The molecule has 2 aromatic rings. The van der Waals surface area contributed by atoms with E-state index in [1.54, 1.807) is 0 Å². The molecule has 5 nitrogen and oxygen atoms in total. The molecule has 0 radical (unpaired) electrons. The van der Waals surface area contributed by atoms with Crippen molar-refractivity contribution in [1.82, 2.24) is 19.6 Å². The van der Waals surface area contributed by atoms with Crippen LogP contribution in [0.15, 0.2) is 30.3 Å². The molecule has 5 heteroatoms. The van der Waals surface area contributed by atoms with E-state index in [4.69, 9.17) is 0 Å². The predicted molar refractivity (Wildman–Crippen MR) is 100 cm³/mol. The Bertz CT molecular complexity index is 733. The van der Waals surface area contributed by atoms with E-state index in [-0.39, 0.29) is 5.91 Å². The summed E-state index contributed by atoms with van der Waals surface area (Å²) in [6.45, 7) is 5.71. The number of rotatable bonds is 3. The summed E-state index contributed by atoms with van der Waals surface area (Å²) in [5.41, 5.74) is 3.84. The highest BCUT2D eigenvalue weighted by atomic mass is 16.2. The third-order valence-corrected chi connectivity index (χ3v) is 5.08. The van der Waals surface area contributed by atoms with Crippen molar-refractivity contribution in [1.29, 1.82) is 0 Å². The Hall–Kier alpha value is -2.14. The van der Waals surface area contributed by atoms with Crippen LogP contribution < -0.4 is 0 Å². The van der Waals surface area contributed by atoms with Gasteiger partial charge in [0.25, 0.3) is 5.91 Å². The molecule has 1 aromatic carbocycles. The van der Waals surface area contributed by atoms with E-state index in [1.165, 1.54) is 0 Å². The Morgan fingerprint density at radius 1 is 1.12 bits per heavy atom. The largest absolute Gasteiger partial charge is 0.339 e. The molecule has 25 heavy (non-hydrogen) atoms. The van der Waals surface area contributed by atoms with Crippen molar-refractivity contribution in [2.75, 3.05) is 27.2 Å². The minimum Gasteiger partial charge on any atom is -0.339 e. The predicted octanol–water partition coefficient (Wildman–Crippen LogP) is 3.05. The van der Waals surface area contributed by atoms with Crippen LogP contribution in [0.3, 0.4) is 0 Å². The van der Waals surface area contributed by atoms with Crippen molar-refractivity contribution in [2.24, 2.45) is 0 Å². The molecule has 0 saturated carbocycles. The van der Waals surface area contributed by atoms with E-state index >= 15 is 0 Å². The fourth-order valence-corrected chi connectivity index (χ4v) is 3.62. The first-order valence-electron chi connectivity index (χ1n) is 9.05. The van der Waals surface area contributed by atoms with Gasteiger partial charge in [0.1, 0.15) is 0 Å². The van der Waals surface area contributed by atoms with Crippen molar-refractivity contribution in [3.63, 3.8) is 0 Å². The molecule has 0 N–H and O–H groups in total. The molecular weight excluding hydrogens is 312 g/mol. The second kappa shape index (κ2) is 7.40. The maximum Gasteiger partial charge on any atom is 0.253 e. The standard InChI is InChI=1S/C20H28N4O/c1-15-14-16(2)24(21-15)19-9-7-17(8-10-19)20(25)23-12-5-6-18(11-13-23)22(3)4/h7-10,14,18H,5-6,11-13H2,1-4H3/t18-/m0/s1. The van der Waals surface area contributed by atoms with Gasteiger partial charge >= 0.3 is 0 Å². The normalized spacial score (nSPS) is 18.4. The van der Waals surface area contributed by atoms with Gasteiger partial charge in [-0.2, -0.15) is 5.10 Å². The van der Waals surface area contributed by atoms with Crippen molar-refractivity contribution < 1.29 is 4.79 Å². The maximum atomic E-state index is 12.8. The summed E-state index contributed by atoms with van der Waals surface area (Å²) in [6.07, 6.45) is 3.27. The van der Waals surface area contributed by atoms with Gasteiger partial charge in [-0.15, -0.1) is 0 Å². The number of aromatic nitrogens is 2. The van der Waals surface area contributed by atoms with Crippen LogP contribution in [0.25, 0.3) is 5.69 Å². The molecule has 0 spiro atoms. The Morgan fingerprint density at radius 2 is 1.84 bits per heavy atom. The lowest BCUT2D eigenvalue weighted by molar-refractivity contribution is 0.0758. The molecule has 0 aliphatic carbocycles. The lowest BCUT2D eigenvalue weighted by Crippen LogP contribution is -2.33. The van der Waals surface area contributed by atoms with Crippen molar-refractivity contribution in [3.8, 4) is 5.69 Å². The van der Waals surface area contributed by atoms with E-state index in [9.17, 15) is 4.79 Å². The first-order valence-corrected chi connectivity index (χ1v) is 9.05. The van der Waals surface area contributed by atoms with Crippen molar-refractivity contribution in [2.45, 2.75) is 39.2 Å². The summed E-state index contributed by atoms with van der Waals surface area (Å²) in [6, 6.07) is 10.4. The monoisotopic (exact) mass is 340 g/mol. The number of carbonyl (C=O) groups is 1. The lowest BCUT2D eigenvalue weighted by Gasteiger charge is -2.23. The molecule has 1 atom stereocenters. The molecular formula is C20H28N4O. The van der Waals surface area contributed by atoms with E-state index in [0.29, 0.717) is 6.04 Å². The molecule has 134 valence electrons. The molecule has 1 saturated heterocycles. The zero-order valence-electron chi connectivity index (χ0n) is 15.7. The van der Waals surface area contributed by atoms with Crippen LogP contribution in [0.2, 0.25) is 0 Å². The third kappa shape index (κ3) is 3.93. The minimum atomic E-state index is 0.138. The number of hydrogen-bond donors (Lipinski definition) is 0. The Balaban J connectivity index is 1.71. The van der Waals surface area contributed by atoms with Gasteiger partial charge in [-0.05, 0) is 77.5 Å². The van der Waals surface area contributed by atoms with E-state index < -0.39 is 0 Å². The van der Waals surface area contributed by atoms with E-state index in [2.05, 4.69) is 30.2 Å². The fourth-order valence-electron chi connectivity index (χ4n) is 3.62. The highest BCUT2D eigenvalue weighted by molar-refractivity contribution is 5.94. The molecule has 3 rings (SSSR count). The van der Waals surface area contributed by atoms with Gasteiger partial charge in [-0.25, -0.2) is 4.68 Å². The van der Waals surface area contributed by atoms with Crippen molar-refractivity contribution in [3.05, 3.63) is 47.3 Å². The van der Waals surface area contributed by atoms with Crippen LogP contribution in [0.4, 0.5) is 0 Å². The quantitative estimate of drug-likeness (QED) is 0.862. The molecule has 2 heterocycles. The number of aryl methyl sites for hydroxylation is 2. The van der Waals surface area contributed by atoms with E-state index in [1.807, 2.05) is 47.7 Å². The second-order valence-electron chi connectivity index (χ2n) is 7.23.